The molecule has 6 nitrogen and oxygen atoms in total. The van der Waals surface area contributed by atoms with Gasteiger partial charge in [0.1, 0.15) is 5.75 Å². The maximum Gasteiger partial charge on any atom is 0.306 e. The number of ketones is 1. The highest BCUT2D eigenvalue weighted by molar-refractivity contribution is 7.09. The minimum atomic E-state index is -0.204. The van der Waals surface area contributed by atoms with Gasteiger partial charge >= 0.3 is 5.97 Å². The van der Waals surface area contributed by atoms with Crippen molar-refractivity contribution in [2.75, 3.05) is 13.2 Å². The smallest absolute Gasteiger partial charge is 0.306 e. The fourth-order valence-electron chi connectivity index (χ4n) is 3.36. The molecule has 0 N–H and O–H groups in total. The predicted octanol–water partition coefficient (Wildman–Crippen LogP) is 5.10. The number of halogens is 1. The van der Waals surface area contributed by atoms with Crippen molar-refractivity contribution in [2.24, 2.45) is 5.92 Å². The van der Waals surface area contributed by atoms with Crippen LogP contribution in [0.25, 0.3) is 0 Å². The number of hydrogen-bond donors (Lipinski definition) is 0. The highest BCUT2D eigenvalue weighted by Crippen LogP contribution is 2.30. The molecule has 0 spiro atoms. The van der Waals surface area contributed by atoms with E-state index in [1.807, 2.05) is 19.9 Å². The third kappa shape index (κ3) is 9.83. The monoisotopic (exact) mass is 482 g/mol. The maximum absolute atomic E-state index is 12.2. The Balaban J connectivity index is 1.77. The second-order valence-electron chi connectivity index (χ2n) is 7.83. The molecule has 1 aliphatic heterocycles. The summed E-state index contributed by atoms with van der Waals surface area (Å²) in [6.45, 7) is 4.08. The van der Waals surface area contributed by atoms with Gasteiger partial charge in [-0.3, -0.25) is 9.59 Å². The molecule has 0 aliphatic carbocycles. The summed E-state index contributed by atoms with van der Waals surface area (Å²) in [5, 5.41) is 0.556. The van der Waals surface area contributed by atoms with Crippen LogP contribution in [-0.2, 0) is 23.6 Å². The Labute approximate surface area is 197 Å². The van der Waals surface area contributed by atoms with Gasteiger partial charge in [-0.15, -0.1) is 0 Å². The number of carbonyl (C=O) groups is 2. The molecule has 8 heteroatoms. The van der Waals surface area contributed by atoms with E-state index < -0.39 is 0 Å². The van der Waals surface area contributed by atoms with Crippen molar-refractivity contribution in [1.29, 1.82) is 0 Å². The fraction of sp³-hybridized carbons (Fsp3) is 0.500. The number of allylic oxidation sites excluding steroid dienone is 2. The molecule has 1 saturated heterocycles. The summed E-state index contributed by atoms with van der Waals surface area (Å²) < 4.78 is 21.9. The van der Waals surface area contributed by atoms with E-state index in [1.54, 1.807) is 30.3 Å². The van der Waals surface area contributed by atoms with Gasteiger partial charge in [-0.1, -0.05) is 35.9 Å². The Hall–Kier alpha value is -1.72. The molecule has 1 aromatic rings. The standard InChI is InChI=1S/C24H32ClO6P/c1-17(2)30-24(27)11-6-4-3-5-10-21-22(29-16-23(21)31-32)13-12-19(26)15-28-20-9-7-8-18(25)14-20/h3-4,7-9,12-14,17,21-23H,5-6,10-11,15-16,32H2,1-2H3/b4-3-,13-12+/t21-,22-,23?/m1/s1. The first-order chi connectivity index (χ1) is 15.4. The SMILES string of the molecule is CC(C)OC(=O)CC/C=C\CC[C@H]1C(OP)CO[C@@H]1/C=C/C(=O)COc1cccc(Cl)c1. The van der Waals surface area contributed by atoms with Crippen LogP contribution in [0.5, 0.6) is 5.75 Å². The summed E-state index contributed by atoms with van der Waals surface area (Å²) in [6, 6.07) is 6.93. The Morgan fingerprint density at radius 3 is 2.78 bits per heavy atom. The summed E-state index contributed by atoms with van der Waals surface area (Å²) in [4.78, 5) is 23.7. The lowest BCUT2D eigenvalue weighted by molar-refractivity contribution is -0.147. The third-order valence-electron chi connectivity index (χ3n) is 4.89. The van der Waals surface area contributed by atoms with Crippen LogP contribution < -0.4 is 4.74 Å². The van der Waals surface area contributed by atoms with E-state index in [0.717, 1.165) is 12.8 Å². The van der Waals surface area contributed by atoms with Crippen LogP contribution in [0.1, 0.15) is 39.5 Å². The molecule has 1 aromatic carbocycles. The summed E-state index contributed by atoms with van der Waals surface area (Å²) in [6.07, 6.45) is 9.70. The molecular formula is C24H32ClO6P. The van der Waals surface area contributed by atoms with E-state index in [9.17, 15) is 9.59 Å². The number of rotatable bonds is 13. The number of benzene rings is 1. The lowest BCUT2D eigenvalue weighted by Crippen LogP contribution is -2.23. The molecule has 176 valence electrons. The third-order valence-corrected chi connectivity index (χ3v) is 5.48. The zero-order chi connectivity index (χ0) is 23.3. The Bertz CT molecular complexity index is 794. The molecule has 0 bridgehead atoms. The minimum Gasteiger partial charge on any atom is -0.485 e. The lowest BCUT2D eigenvalue weighted by Gasteiger charge is -2.19. The van der Waals surface area contributed by atoms with Crippen LogP contribution in [0.2, 0.25) is 5.02 Å². The minimum absolute atomic E-state index is 0.0538. The van der Waals surface area contributed by atoms with Crippen molar-refractivity contribution in [1.82, 2.24) is 0 Å². The van der Waals surface area contributed by atoms with Gasteiger partial charge in [0.05, 0.1) is 24.9 Å². The van der Waals surface area contributed by atoms with E-state index in [-0.39, 0.29) is 42.6 Å². The van der Waals surface area contributed by atoms with E-state index in [4.69, 9.17) is 30.3 Å². The molecule has 0 radical (unpaired) electrons. The Morgan fingerprint density at radius 1 is 1.28 bits per heavy atom. The molecule has 4 atom stereocenters. The molecule has 1 fully saturated rings. The van der Waals surface area contributed by atoms with Crippen LogP contribution in [0.4, 0.5) is 0 Å². The van der Waals surface area contributed by atoms with Crippen molar-refractivity contribution >= 4 is 32.8 Å². The van der Waals surface area contributed by atoms with E-state index in [1.165, 1.54) is 6.08 Å². The zero-order valence-corrected chi connectivity index (χ0v) is 20.5. The maximum atomic E-state index is 12.2. The lowest BCUT2D eigenvalue weighted by atomic mass is 9.93. The highest BCUT2D eigenvalue weighted by Gasteiger charge is 2.35. The first kappa shape index (κ1) is 26.5. The van der Waals surface area contributed by atoms with Crippen molar-refractivity contribution in [2.45, 2.75) is 57.8 Å². The van der Waals surface area contributed by atoms with E-state index in [0.29, 0.717) is 30.2 Å². The number of hydrogen-bond acceptors (Lipinski definition) is 6. The molecule has 1 heterocycles. The molecule has 2 rings (SSSR count). The van der Waals surface area contributed by atoms with Gasteiger partial charge in [0.25, 0.3) is 0 Å². The summed E-state index contributed by atoms with van der Waals surface area (Å²) >= 11 is 5.92. The molecule has 1 aliphatic rings. The first-order valence-electron chi connectivity index (χ1n) is 10.8. The van der Waals surface area contributed by atoms with Crippen LogP contribution in [0.3, 0.4) is 0 Å². The Morgan fingerprint density at radius 2 is 2.06 bits per heavy atom. The molecule has 32 heavy (non-hydrogen) atoms. The molecule has 0 saturated carbocycles. The van der Waals surface area contributed by atoms with Gasteiger partial charge in [-0.05, 0) is 57.4 Å². The molecule has 0 aromatic heterocycles. The van der Waals surface area contributed by atoms with Crippen LogP contribution in [0.15, 0.2) is 48.6 Å². The van der Waals surface area contributed by atoms with Crippen molar-refractivity contribution in [3.05, 3.63) is 53.6 Å². The Kier molecular flexibility index (Phi) is 12.0. The quantitative estimate of drug-likeness (QED) is 0.168. The second-order valence-corrected chi connectivity index (χ2v) is 8.54. The summed E-state index contributed by atoms with van der Waals surface area (Å²) in [5.74, 6) is 0.339. The van der Waals surface area contributed by atoms with E-state index in [2.05, 4.69) is 15.5 Å². The number of ether oxygens (including phenoxy) is 3. The number of esters is 1. The molecule has 2 unspecified atom stereocenters. The highest BCUT2D eigenvalue weighted by atomic mass is 35.5. The topological polar surface area (TPSA) is 71.1 Å². The van der Waals surface area contributed by atoms with Gasteiger partial charge in [-0.25, -0.2) is 0 Å². The summed E-state index contributed by atoms with van der Waals surface area (Å²) in [7, 11) is 2.30. The van der Waals surface area contributed by atoms with Crippen molar-refractivity contribution < 1.29 is 28.3 Å². The van der Waals surface area contributed by atoms with E-state index >= 15 is 0 Å². The van der Waals surface area contributed by atoms with Gasteiger partial charge in [0.15, 0.2) is 12.4 Å². The van der Waals surface area contributed by atoms with Gasteiger partial charge in [0, 0.05) is 26.8 Å². The zero-order valence-electron chi connectivity index (χ0n) is 18.6. The van der Waals surface area contributed by atoms with Gasteiger partial charge in [0.2, 0.25) is 0 Å². The number of carbonyl (C=O) groups excluding carboxylic acids is 2. The molecular weight excluding hydrogens is 451 g/mol. The molecule has 0 amide bonds. The normalized spacial score (nSPS) is 21.0. The van der Waals surface area contributed by atoms with Crippen LogP contribution in [-0.4, -0.2) is 43.3 Å². The first-order valence-corrected chi connectivity index (χ1v) is 11.6. The largest absolute Gasteiger partial charge is 0.485 e. The second kappa shape index (κ2) is 14.4. The average molecular weight is 483 g/mol. The van der Waals surface area contributed by atoms with Gasteiger partial charge in [-0.2, -0.15) is 0 Å². The van der Waals surface area contributed by atoms with Crippen molar-refractivity contribution in [3.63, 3.8) is 0 Å². The van der Waals surface area contributed by atoms with Crippen LogP contribution in [0, 0.1) is 5.92 Å². The average Bonchev–Trinajstić information content (AvgIpc) is 3.14. The fourth-order valence-corrected chi connectivity index (χ4v) is 3.82. The van der Waals surface area contributed by atoms with Gasteiger partial charge < -0.3 is 18.7 Å². The predicted molar refractivity (Wildman–Crippen MR) is 128 cm³/mol. The van der Waals surface area contributed by atoms with Crippen LogP contribution >= 0.6 is 21.1 Å². The summed E-state index contributed by atoms with van der Waals surface area (Å²) in [5.41, 5.74) is 0. The van der Waals surface area contributed by atoms with Crippen molar-refractivity contribution in [3.8, 4) is 5.75 Å².